The summed E-state index contributed by atoms with van der Waals surface area (Å²) in [6.45, 7) is 2.61. The summed E-state index contributed by atoms with van der Waals surface area (Å²) in [5, 5.41) is 3.91. The molecule has 1 unspecified atom stereocenters. The number of hydrogen-bond acceptors (Lipinski definition) is 2. The number of halogens is 1. The molecule has 0 saturated heterocycles. The molecule has 0 amide bonds. The van der Waals surface area contributed by atoms with E-state index in [4.69, 9.17) is 17.3 Å². The van der Waals surface area contributed by atoms with Crippen LogP contribution in [0.2, 0.25) is 5.02 Å². The topological polar surface area (TPSA) is 38.0 Å². The van der Waals surface area contributed by atoms with Crippen molar-refractivity contribution in [2.24, 2.45) is 5.73 Å². The molecule has 0 aliphatic carbocycles. The summed E-state index contributed by atoms with van der Waals surface area (Å²) in [7, 11) is 1.90. The highest BCUT2D eigenvalue weighted by molar-refractivity contribution is 6.30. The van der Waals surface area contributed by atoms with Gasteiger partial charge in [0.1, 0.15) is 0 Å². The number of benzene rings is 1. The Hall–Kier alpha value is -0.570. The van der Waals surface area contributed by atoms with Crippen molar-refractivity contribution in [3.05, 3.63) is 34.3 Å². The normalized spacial score (nSPS) is 12.9. The first-order valence-corrected chi connectivity index (χ1v) is 4.69. The van der Waals surface area contributed by atoms with Crippen molar-refractivity contribution in [1.82, 2.24) is 5.32 Å². The van der Waals surface area contributed by atoms with Gasteiger partial charge in [-0.2, -0.15) is 0 Å². The number of rotatable bonds is 3. The molecule has 1 aromatic rings. The van der Waals surface area contributed by atoms with Crippen LogP contribution in [0.1, 0.15) is 17.2 Å². The molecule has 0 fully saturated rings. The van der Waals surface area contributed by atoms with E-state index in [0.29, 0.717) is 6.54 Å². The molecule has 13 heavy (non-hydrogen) atoms. The Balaban J connectivity index is 2.99. The second kappa shape index (κ2) is 4.61. The van der Waals surface area contributed by atoms with E-state index >= 15 is 0 Å². The zero-order valence-electron chi connectivity index (χ0n) is 7.97. The van der Waals surface area contributed by atoms with Crippen LogP contribution in [0.5, 0.6) is 0 Å². The average molecular weight is 199 g/mol. The van der Waals surface area contributed by atoms with Gasteiger partial charge in [0.15, 0.2) is 0 Å². The molecule has 3 heteroatoms. The molecule has 0 aromatic heterocycles. The standard InChI is InChI=1S/C10H15ClN2/c1-7-3-8(5-9(11)4-7)10(6-12)13-2/h3-5,10,13H,6,12H2,1-2H3. The largest absolute Gasteiger partial charge is 0.329 e. The second-order valence-corrected chi connectivity index (χ2v) is 3.58. The summed E-state index contributed by atoms with van der Waals surface area (Å²) in [4.78, 5) is 0. The zero-order valence-corrected chi connectivity index (χ0v) is 8.73. The van der Waals surface area contributed by atoms with Crippen LogP contribution < -0.4 is 11.1 Å². The van der Waals surface area contributed by atoms with Gasteiger partial charge in [-0.05, 0) is 37.2 Å². The first-order chi connectivity index (χ1) is 6.17. The van der Waals surface area contributed by atoms with Crippen LogP contribution >= 0.6 is 11.6 Å². The van der Waals surface area contributed by atoms with Crippen molar-refractivity contribution in [2.75, 3.05) is 13.6 Å². The Morgan fingerprint density at radius 3 is 2.62 bits per heavy atom. The predicted molar refractivity (Wildman–Crippen MR) is 57.0 cm³/mol. The summed E-state index contributed by atoms with van der Waals surface area (Å²) in [6.07, 6.45) is 0. The minimum atomic E-state index is 0.192. The summed E-state index contributed by atoms with van der Waals surface area (Å²) >= 11 is 5.94. The lowest BCUT2D eigenvalue weighted by Gasteiger charge is -2.14. The maximum Gasteiger partial charge on any atom is 0.0442 e. The second-order valence-electron chi connectivity index (χ2n) is 3.14. The van der Waals surface area contributed by atoms with Gasteiger partial charge in [-0.25, -0.2) is 0 Å². The van der Waals surface area contributed by atoms with E-state index < -0.39 is 0 Å². The van der Waals surface area contributed by atoms with E-state index in [1.807, 2.05) is 26.1 Å². The molecule has 0 radical (unpaired) electrons. The van der Waals surface area contributed by atoms with E-state index in [9.17, 15) is 0 Å². The summed E-state index contributed by atoms with van der Waals surface area (Å²) < 4.78 is 0. The van der Waals surface area contributed by atoms with Crippen molar-refractivity contribution in [2.45, 2.75) is 13.0 Å². The van der Waals surface area contributed by atoms with Gasteiger partial charge in [0.25, 0.3) is 0 Å². The third-order valence-corrected chi connectivity index (χ3v) is 2.27. The van der Waals surface area contributed by atoms with Gasteiger partial charge in [0, 0.05) is 17.6 Å². The highest BCUT2D eigenvalue weighted by Gasteiger charge is 2.07. The quantitative estimate of drug-likeness (QED) is 0.779. The van der Waals surface area contributed by atoms with Gasteiger partial charge in [0.05, 0.1) is 0 Å². The number of hydrogen-bond donors (Lipinski definition) is 2. The zero-order chi connectivity index (χ0) is 9.84. The number of aryl methyl sites for hydroxylation is 1. The first kappa shape index (κ1) is 10.5. The van der Waals surface area contributed by atoms with Gasteiger partial charge in [0.2, 0.25) is 0 Å². The van der Waals surface area contributed by atoms with Gasteiger partial charge < -0.3 is 11.1 Å². The molecule has 72 valence electrons. The van der Waals surface area contributed by atoms with Crippen LogP contribution in [0.4, 0.5) is 0 Å². The van der Waals surface area contributed by atoms with Crippen molar-refractivity contribution in [3.63, 3.8) is 0 Å². The van der Waals surface area contributed by atoms with Gasteiger partial charge in [-0.1, -0.05) is 17.7 Å². The minimum Gasteiger partial charge on any atom is -0.329 e. The highest BCUT2D eigenvalue weighted by atomic mass is 35.5. The van der Waals surface area contributed by atoms with Crippen LogP contribution in [-0.2, 0) is 0 Å². The lowest BCUT2D eigenvalue weighted by atomic mass is 10.0. The van der Waals surface area contributed by atoms with Crippen molar-refractivity contribution >= 4 is 11.6 Å². The van der Waals surface area contributed by atoms with Crippen LogP contribution in [-0.4, -0.2) is 13.6 Å². The molecule has 0 bridgehead atoms. The molecule has 0 aliphatic heterocycles. The number of nitrogens with one attached hydrogen (secondary N) is 1. The third kappa shape index (κ3) is 2.69. The molecule has 1 atom stereocenters. The smallest absolute Gasteiger partial charge is 0.0442 e. The molecule has 3 N–H and O–H groups in total. The lowest BCUT2D eigenvalue weighted by molar-refractivity contribution is 0.605. The maximum absolute atomic E-state index is 5.94. The number of likely N-dealkylation sites (N-methyl/N-ethyl adjacent to an activating group) is 1. The summed E-state index contributed by atoms with van der Waals surface area (Å²) in [6, 6.07) is 6.17. The van der Waals surface area contributed by atoms with E-state index in [0.717, 1.165) is 16.1 Å². The molecule has 2 nitrogen and oxygen atoms in total. The fraction of sp³-hybridized carbons (Fsp3) is 0.400. The SMILES string of the molecule is CNC(CN)c1cc(C)cc(Cl)c1. The monoisotopic (exact) mass is 198 g/mol. The molecular formula is C10H15ClN2. The first-order valence-electron chi connectivity index (χ1n) is 4.31. The summed E-state index contributed by atoms with van der Waals surface area (Å²) in [5.74, 6) is 0. The van der Waals surface area contributed by atoms with Crippen LogP contribution in [0, 0.1) is 6.92 Å². The molecule has 0 aliphatic rings. The van der Waals surface area contributed by atoms with Crippen molar-refractivity contribution in [1.29, 1.82) is 0 Å². The van der Waals surface area contributed by atoms with Gasteiger partial charge in [-0.15, -0.1) is 0 Å². The molecule has 0 heterocycles. The minimum absolute atomic E-state index is 0.192. The van der Waals surface area contributed by atoms with Crippen molar-refractivity contribution in [3.8, 4) is 0 Å². The van der Waals surface area contributed by atoms with E-state index in [1.54, 1.807) is 0 Å². The van der Waals surface area contributed by atoms with Gasteiger partial charge in [-0.3, -0.25) is 0 Å². The highest BCUT2D eigenvalue weighted by Crippen LogP contribution is 2.19. The van der Waals surface area contributed by atoms with E-state index in [2.05, 4.69) is 11.4 Å². The van der Waals surface area contributed by atoms with Crippen LogP contribution in [0.15, 0.2) is 18.2 Å². The fourth-order valence-electron chi connectivity index (χ4n) is 1.39. The maximum atomic E-state index is 5.94. The van der Waals surface area contributed by atoms with Crippen molar-refractivity contribution < 1.29 is 0 Å². The Bertz CT molecular complexity index is 262. The van der Waals surface area contributed by atoms with E-state index in [1.165, 1.54) is 0 Å². The molecule has 1 rings (SSSR count). The Kier molecular flexibility index (Phi) is 3.72. The Morgan fingerprint density at radius 2 is 2.15 bits per heavy atom. The predicted octanol–water partition coefficient (Wildman–Crippen LogP) is 1.87. The van der Waals surface area contributed by atoms with Crippen LogP contribution in [0.3, 0.4) is 0 Å². The fourth-order valence-corrected chi connectivity index (χ4v) is 1.68. The molecular weight excluding hydrogens is 184 g/mol. The summed E-state index contributed by atoms with van der Waals surface area (Å²) in [5.41, 5.74) is 7.92. The molecule has 0 spiro atoms. The van der Waals surface area contributed by atoms with Gasteiger partial charge >= 0.3 is 0 Å². The average Bonchev–Trinajstić information content (AvgIpc) is 2.04. The van der Waals surface area contributed by atoms with E-state index in [-0.39, 0.29) is 6.04 Å². The van der Waals surface area contributed by atoms with Crippen LogP contribution in [0.25, 0.3) is 0 Å². The Labute approximate surface area is 84.1 Å². The lowest BCUT2D eigenvalue weighted by Crippen LogP contribution is -2.24. The Morgan fingerprint density at radius 1 is 1.46 bits per heavy atom. The number of nitrogens with two attached hydrogens (primary N) is 1. The molecule has 1 aromatic carbocycles. The third-order valence-electron chi connectivity index (χ3n) is 2.05. The molecule has 0 saturated carbocycles.